The Labute approximate surface area is 114 Å². The third-order valence-corrected chi connectivity index (χ3v) is 4.22. The largest absolute Gasteiger partial charge is 0.271 e. The summed E-state index contributed by atoms with van der Waals surface area (Å²) in [6, 6.07) is 2.17. The molecular formula is C14H25BrN2. The standard InChI is InChI=1S/C14H25BrN2/c1-5-7-8-9-10-14(3,6-2)12-11-13(15)16-17(12)4/h11H,5-10H2,1-4H3. The average Bonchev–Trinajstić information content (AvgIpc) is 2.64. The van der Waals surface area contributed by atoms with Crippen LogP contribution in [0.25, 0.3) is 0 Å². The van der Waals surface area contributed by atoms with E-state index in [-0.39, 0.29) is 5.41 Å². The summed E-state index contributed by atoms with van der Waals surface area (Å²) < 4.78 is 2.97. The number of nitrogens with zero attached hydrogens (tertiary/aromatic N) is 2. The molecule has 0 saturated carbocycles. The lowest BCUT2D eigenvalue weighted by atomic mass is 9.79. The molecule has 0 aliphatic carbocycles. The number of aromatic nitrogens is 2. The predicted molar refractivity (Wildman–Crippen MR) is 77.3 cm³/mol. The van der Waals surface area contributed by atoms with Gasteiger partial charge in [-0.3, -0.25) is 4.68 Å². The second kappa shape index (κ2) is 6.58. The Bertz CT molecular complexity index is 346. The number of hydrogen-bond donors (Lipinski definition) is 0. The van der Waals surface area contributed by atoms with E-state index in [1.54, 1.807) is 0 Å². The van der Waals surface area contributed by atoms with Crippen LogP contribution in [0.4, 0.5) is 0 Å². The van der Waals surface area contributed by atoms with Crippen LogP contribution >= 0.6 is 15.9 Å². The second-order valence-corrected chi connectivity index (χ2v) is 6.01. The summed E-state index contributed by atoms with van der Waals surface area (Å²) in [7, 11) is 2.04. The Morgan fingerprint density at radius 1 is 1.29 bits per heavy atom. The molecule has 1 aromatic heterocycles. The van der Waals surface area contributed by atoms with E-state index in [2.05, 4.69) is 47.9 Å². The molecule has 0 aromatic carbocycles. The summed E-state index contributed by atoms with van der Waals surface area (Å²) in [4.78, 5) is 0. The van der Waals surface area contributed by atoms with E-state index in [1.807, 2.05) is 11.7 Å². The molecule has 0 aliphatic rings. The van der Waals surface area contributed by atoms with Crippen LogP contribution < -0.4 is 0 Å². The van der Waals surface area contributed by atoms with Gasteiger partial charge in [0, 0.05) is 18.2 Å². The van der Waals surface area contributed by atoms with Crippen molar-refractivity contribution in [2.45, 2.75) is 64.7 Å². The third-order valence-electron chi connectivity index (χ3n) is 3.83. The van der Waals surface area contributed by atoms with E-state index in [4.69, 9.17) is 0 Å². The fraction of sp³-hybridized carbons (Fsp3) is 0.786. The first-order chi connectivity index (χ1) is 8.03. The maximum absolute atomic E-state index is 4.40. The second-order valence-electron chi connectivity index (χ2n) is 5.20. The normalized spacial score (nSPS) is 14.9. The molecule has 0 aliphatic heterocycles. The van der Waals surface area contributed by atoms with Gasteiger partial charge in [0.2, 0.25) is 0 Å². The van der Waals surface area contributed by atoms with Gasteiger partial charge in [-0.25, -0.2) is 0 Å². The lowest BCUT2D eigenvalue weighted by Gasteiger charge is -2.28. The fourth-order valence-electron chi connectivity index (χ4n) is 2.43. The molecule has 0 saturated heterocycles. The highest BCUT2D eigenvalue weighted by Gasteiger charge is 2.27. The topological polar surface area (TPSA) is 17.8 Å². The van der Waals surface area contributed by atoms with E-state index in [9.17, 15) is 0 Å². The van der Waals surface area contributed by atoms with Gasteiger partial charge in [-0.05, 0) is 34.8 Å². The van der Waals surface area contributed by atoms with E-state index in [1.165, 1.54) is 44.2 Å². The summed E-state index contributed by atoms with van der Waals surface area (Å²) >= 11 is 3.47. The van der Waals surface area contributed by atoms with Crippen molar-refractivity contribution in [2.24, 2.45) is 7.05 Å². The zero-order valence-corrected chi connectivity index (χ0v) is 13.2. The highest BCUT2D eigenvalue weighted by atomic mass is 79.9. The maximum atomic E-state index is 4.40. The molecule has 1 rings (SSSR count). The number of unbranched alkanes of at least 4 members (excludes halogenated alkanes) is 3. The van der Waals surface area contributed by atoms with Crippen molar-refractivity contribution in [1.82, 2.24) is 9.78 Å². The lowest BCUT2D eigenvalue weighted by Crippen LogP contribution is -2.24. The van der Waals surface area contributed by atoms with Gasteiger partial charge in [-0.2, -0.15) is 5.10 Å². The maximum Gasteiger partial charge on any atom is 0.128 e. The molecule has 0 radical (unpaired) electrons. The van der Waals surface area contributed by atoms with Crippen LogP contribution in [0.15, 0.2) is 10.7 Å². The highest BCUT2D eigenvalue weighted by Crippen LogP contribution is 2.34. The molecule has 98 valence electrons. The Balaban J connectivity index is 2.70. The molecule has 0 N–H and O–H groups in total. The number of halogens is 1. The van der Waals surface area contributed by atoms with Crippen LogP contribution in [0, 0.1) is 0 Å². The Kier molecular flexibility index (Phi) is 5.71. The Hall–Kier alpha value is -0.310. The fourth-order valence-corrected chi connectivity index (χ4v) is 2.88. The predicted octanol–water partition coefficient (Wildman–Crippen LogP) is 4.82. The molecule has 1 heterocycles. The minimum absolute atomic E-state index is 0.265. The number of hydrogen-bond acceptors (Lipinski definition) is 1. The van der Waals surface area contributed by atoms with E-state index in [0.717, 1.165) is 4.60 Å². The first-order valence-corrected chi connectivity index (χ1v) is 7.53. The molecule has 0 spiro atoms. The van der Waals surface area contributed by atoms with Crippen molar-refractivity contribution in [1.29, 1.82) is 0 Å². The van der Waals surface area contributed by atoms with Crippen molar-refractivity contribution in [3.63, 3.8) is 0 Å². The average molecular weight is 301 g/mol. The summed E-state index contributed by atoms with van der Waals surface area (Å²) in [5.74, 6) is 0. The van der Waals surface area contributed by atoms with Crippen LogP contribution in [-0.2, 0) is 12.5 Å². The van der Waals surface area contributed by atoms with Gasteiger partial charge < -0.3 is 0 Å². The first kappa shape index (κ1) is 14.7. The summed E-state index contributed by atoms with van der Waals surface area (Å²) in [6.07, 6.45) is 7.77. The SMILES string of the molecule is CCCCCCC(C)(CC)c1cc(Br)nn1C. The van der Waals surface area contributed by atoms with Gasteiger partial charge in [-0.15, -0.1) is 0 Å². The molecule has 0 fully saturated rings. The van der Waals surface area contributed by atoms with Crippen molar-refractivity contribution in [3.05, 3.63) is 16.4 Å². The molecule has 1 unspecified atom stereocenters. The van der Waals surface area contributed by atoms with Gasteiger partial charge in [0.05, 0.1) is 0 Å². The molecule has 1 aromatic rings. The van der Waals surface area contributed by atoms with Crippen molar-refractivity contribution in [2.75, 3.05) is 0 Å². The number of aryl methyl sites for hydroxylation is 1. The third kappa shape index (κ3) is 3.84. The van der Waals surface area contributed by atoms with Crippen molar-refractivity contribution in [3.8, 4) is 0 Å². The summed E-state index contributed by atoms with van der Waals surface area (Å²) in [6.45, 7) is 6.90. The van der Waals surface area contributed by atoms with Gasteiger partial charge in [0.15, 0.2) is 0 Å². The molecule has 1 atom stereocenters. The minimum atomic E-state index is 0.265. The minimum Gasteiger partial charge on any atom is -0.271 e. The quantitative estimate of drug-likeness (QED) is 0.660. The summed E-state index contributed by atoms with van der Waals surface area (Å²) in [5, 5.41) is 4.40. The van der Waals surface area contributed by atoms with Gasteiger partial charge >= 0.3 is 0 Å². The van der Waals surface area contributed by atoms with Crippen molar-refractivity contribution < 1.29 is 0 Å². The first-order valence-electron chi connectivity index (χ1n) is 6.73. The van der Waals surface area contributed by atoms with Crippen LogP contribution in [-0.4, -0.2) is 9.78 Å². The van der Waals surface area contributed by atoms with Gasteiger partial charge in [0.1, 0.15) is 4.60 Å². The molecular weight excluding hydrogens is 276 g/mol. The van der Waals surface area contributed by atoms with Crippen LogP contribution in [0.1, 0.15) is 65.0 Å². The molecule has 3 heteroatoms. The zero-order chi connectivity index (χ0) is 12.9. The molecule has 17 heavy (non-hydrogen) atoms. The smallest absolute Gasteiger partial charge is 0.128 e. The number of rotatable bonds is 7. The molecule has 0 amide bonds. The van der Waals surface area contributed by atoms with E-state index < -0.39 is 0 Å². The monoisotopic (exact) mass is 300 g/mol. The van der Waals surface area contributed by atoms with Gasteiger partial charge in [0.25, 0.3) is 0 Å². The Morgan fingerprint density at radius 3 is 2.47 bits per heavy atom. The molecule has 2 nitrogen and oxygen atoms in total. The summed E-state index contributed by atoms with van der Waals surface area (Å²) in [5.41, 5.74) is 1.62. The van der Waals surface area contributed by atoms with Crippen LogP contribution in [0.2, 0.25) is 0 Å². The van der Waals surface area contributed by atoms with Crippen molar-refractivity contribution >= 4 is 15.9 Å². The molecule has 0 bridgehead atoms. The zero-order valence-electron chi connectivity index (χ0n) is 11.6. The highest BCUT2D eigenvalue weighted by molar-refractivity contribution is 9.10. The van der Waals surface area contributed by atoms with Crippen LogP contribution in [0.3, 0.4) is 0 Å². The van der Waals surface area contributed by atoms with E-state index >= 15 is 0 Å². The van der Waals surface area contributed by atoms with Crippen LogP contribution in [0.5, 0.6) is 0 Å². The van der Waals surface area contributed by atoms with E-state index in [0.29, 0.717) is 0 Å². The lowest BCUT2D eigenvalue weighted by molar-refractivity contribution is 0.370. The van der Waals surface area contributed by atoms with Gasteiger partial charge in [-0.1, -0.05) is 46.5 Å². The Morgan fingerprint density at radius 2 is 2.00 bits per heavy atom.